The first-order valence-corrected chi connectivity index (χ1v) is 11.6. The van der Waals surface area contributed by atoms with Crippen LogP contribution in [-0.2, 0) is 16.4 Å². The molecule has 1 atom stereocenters. The number of hydrogen-bond acceptors (Lipinski definition) is 6. The highest BCUT2D eigenvalue weighted by molar-refractivity contribution is 7.91. The Balaban J connectivity index is 1.93. The lowest BCUT2D eigenvalue weighted by atomic mass is 10.1. The number of hydrogen-bond donors (Lipinski definition) is 0. The van der Waals surface area contributed by atoms with Crippen LogP contribution in [0.2, 0.25) is 0 Å². The standard InChI is InChI=1S/C22H27NO6S/c1-4-29-19-7-5-6-17(13-19)22(24)23(18-10-11-30(25,26)15-18)14-16-8-9-20(27-2)21(12-16)28-3/h5-9,12-13,18H,4,10-11,14-15H2,1-3H3/t18-/m0/s1. The minimum atomic E-state index is -3.15. The van der Waals surface area contributed by atoms with Gasteiger partial charge in [0.25, 0.3) is 5.91 Å². The first-order valence-electron chi connectivity index (χ1n) is 9.82. The topological polar surface area (TPSA) is 82.1 Å². The molecule has 0 unspecified atom stereocenters. The van der Waals surface area contributed by atoms with Gasteiger partial charge in [-0.3, -0.25) is 4.79 Å². The molecule has 3 rings (SSSR count). The summed E-state index contributed by atoms with van der Waals surface area (Å²) in [5.41, 5.74) is 1.29. The molecule has 1 saturated heterocycles. The number of amides is 1. The molecule has 0 radical (unpaired) electrons. The number of nitrogens with zero attached hydrogens (tertiary/aromatic N) is 1. The van der Waals surface area contributed by atoms with Crippen molar-refractivity contribution in [3.05, 3.63) is 53.6 Å². The average Bonchev–Trinajstić information content (AvgIpc) is 3.11. The number of ether oxygens (including phenoxy) is 3. The summed E-state index contributed by atoms with van der Waals surface area (Å²) in [4.78, 5) is 15.0. The second-order valence-corrected chi connectivity index (χ2v) is 9.37. The molecule has 1 aliphatic heterocycles. The smallest absolute Gasteiger partial charge is 0.254 e. The van der Waals surface area contributed by atoms with Gasteiger partial charge in [-0.25, -0.2) is 8.42 Å². The number of carbonyl (C=O) groups excluding carboxylic acids is 1. The summed E-state index contributed by atoms with van der Waals surface area (Å²) in [6.45, 7) is 2.63. The summed E-state index contributed by atoms with van der Waals surface area (Å²) in [7, 11) is -0.0454. The molecule has 1 fully saturated rings. The van der Waals surface area contributed by atoms with Crippen LogP contribution in [0, 0.1) is 0 Å². The maximum atomic E-state index is 13.4. The highest BCUT2D eigenvalue weighted by atomic mass is 32.2. The first-order chi connectivity index (χ1) is 14.4. The van der Waals surface area contributed by atoms with Crippen LogP contribution in [0.4, 0.5) is 0 Å². The molecule has 0 saturated carbocycles. The summed E-state index contributed by atoms with van der Waals surface area (Å²) >= 11 is 0. The summed E-state index contributed by atoms with van der Waals surface area (Å²) in [5.74, 6) is 1.58. The predicted molar refractivity (Wildman–Crippen MR) is 114 cm³/mol. The fourth-order valence-electron chi connectivity index (χ4n) is 3.62. The largest absolute Gasteiger partial charge is 0.494 e. The highest BCUT2D eigenvalue weighted by Gasteiger charge is 2.35. The molecule has 0 aliphatic carbocycles. The van der Waals surface area contributed by atoms with Crippen LogP contribution >= 0.6 is 0 Å². The Morgan fingerprint density at radius 2 is 1.87 bits per heavy atom. The Bertz CT molecular complexity index is 1000. The Morgan fingerprint density at radius 1 is 1.10 bits per heavy atom. The van der Waals surface area contributed by atoms with Gasteiger partial charge in [0.05, 0.1) is 32.3 Å². The zero-order valence-electron chi connectivity index (χ0n) is 17.5. The van der Waals surface area contributed by atoms with Crippen LogP contribution in [-0.4, -0.2) is 57.6 Å². The summed E-state index contributed by atoms with van der Waals surface area (Å²) < 4.78 is 40.3. The molecule has 0 N–H and O–H groups in total. The van der Waals surface area contributed by atoms with Crippen molar-refractivity contribution in [3.63, 3.8) is 0 Å². The third-order valence-corrected chi connectivity index (χ3v) is 6.85. The fourth-order valence-corrected chi connectivity index (χ4v) is 5.35. The first kappa shape index (κ1) is 22.0. The highest BCUT2D eigenvalue weighted by Crippen LogP contribution is 2.30. The number of methoxy groups -OCH3 is 2. The van der Waals surface area contributed by atoms with Crippen molar-refractivity contribution in [1.29, 1.82) is 0 Å². The Kier molecular flexibility index (Phi) is 6.87. The summed E-state index contributed by atoms with van der Waals surface area (Å²) in [6.07, 6.45) is 0.423. The minimum absolute atomic E-state index is 0.0306. The van der Waals surface area contributed by atoms with Gasteiger partial charge in [-0.15, -0.1) is 0 Å². The lowest BCUT2D eigenvalue weighted by Gasteiger charge is -2.29. The number of sulfone groups is 1. The second-order valence-electron chi connectivity index (χ2n) is 7.14. The molecule has 30 heavy (non-hydrogen) atoms. The molecule has 8 heteroatoms. The van der Waals surface area contributed by atoms with E-state index in [0.29, 0.717) is 35.8 Å². The van der Waals surface area contributed by atoms with Gasteiger partial charge in [-0.05, 0) is 49.2 Å². The molecule has 7 nitrogen and oxygen atoms in total. The van der Waals surface area contributed by atoms with Gasteiger partial charge in [0.1, 0.15) is 5.75 Å². The normalized spacial score (nSPS) is 17.4. The van der Waals surface area contributed by atoms with Gasteiger partial charge in [0.2, 0.25) is 0 Å². The van der Waals surface area contributed by atoms with Crippen molar-refractivity contribution in [2.24, 2.45) is 0 Å². The monoisotopic (exact) mass is 433 g/mol. The molecule has 1 amide bonds. The van der Waals surface area contributed by atoms with Crippen molar-refractivity contribution in [3.8, 4) is 17.2 Å². The van der Waals surface area contributed by atoms with Crippen molar-refractivity contribution < 1.29 is 27.4 Å². The van der Waals surface area contributed by atoms with E-state index in [0.717, 1.165) is 5.56 Å². The van der Waals surface area contributed by atoms with Crippen LogP contribution in [0.5, 0.6) is 17.2 Å². The van der Waals surface area contributed by atoms with Gasteiger partial charge < -0.3 is 19.1 Å². The van der Waals surface area contributed by atoms with Gasteiger partial charge >= 0.3 is 0 Å². The van der Waals surface area contributed by atoms with Crippen molar-refractivity contribution >= 4 is 15.7 Å². The summed E-state index contributed by atoms with van der Waals surface area (Å²) in [6, 6.07) is 12.0. The van der Waals surface area contributed by atoms with Gasteiger partial charge in [0.15, 0.2) is 21.3 Å². The van der Waals surface area contributed by atoms with E-state index in [1.807, 2.05) is 13.0 Å². The van der Waals surface area contributed by atoms with E-state index in [-0.39, 0.29) is 30.0 Å². The molecule has 0 spiro atoms. The molecule has 2 aromatic carbocycles. The zero-order valence-corrected chi connectivity index (χ0v) is 18.3. The van der Waals surface area contributed by atoms with Crippen molar-refractivity contribution in [2.75, 3.05) is 32.3 Å². The van der Waals surface area contributed by atoms with Gasteiger partial charge in [0, 0.05) is 18.2 Å². The Hall–Kier alpha value is -2.74. The third-order valence-electron chi connectivity index (χ3n) is 5.10. The van der Waals surface area contributed by atoms with E-state index in [2.05, 4.69) is 0 Å². The van der Waals surface area contributed by atoms with Crippen LogP contribution in [0.15, 0.2) is 42.5 Å². The van der Waals surface area contributed by atoms with E-state index < -0.39 is 9.84 Å². The van der Waals surface area contributed by atoms with Crippen molar-refractivity contribution in [2.45, 2.75) is 25.9 Å². The lowest BCUT2D eigenvalue weighted by Crippen LogP contribution is -2.40. The quantitative estimate of drug-likeness (QED) is 0.637. The average molecular weight is 434 g/mol. The maximum absolute atomic E-state index is 13.4. The number of rotatable bonds is 8. The SMILES string of the molecule is CCOc1cccc(C(=O)N(Cc2ccc(OC)c(OC)c2)[C@H]2CCS(=O)(=O)C2)c1. The molecule has 0 bridgehead atoms. The predicted octanol–water partition coefficient (Wildman–Crippen LogP) is 2.93. The van der Waals surface area contributed by atoms with Crippen molar-refractivity contribution in [1.82, 2.24) is 4.90 Å². The van der Waals surface area contributed by atoms with Crippen LogP contribution in [0.3, 0.4) is 0 Å². The Morgan fingerprint density at radius 3 is 2.50 bits per heavy atom. The zero-order chi connectivity index (χ0) is 21.7. The summed E-state index contributed by atoms with van der Waals surface area (Å²) in [5, 5.41) is 0. The second kappa shape index (κ2) is 9.38. The van der Waals surface area contributed by atoms with Crippen LogP contribution < -0.4 is 14.2 Å². The lowest BCUT2D eigenvalue weighted by molar-refractivity contribution is 0.0680. The van der Waals surface area contributed by atoms with E-state index in [4.69, 9.17) is 14.2 Å². The maximum Gasteiger partial charge on any atom is 0.254 e. The van der Waals surface area contributed by atoms with Gasteiger partial charge in [-0.2, -0.15) is 0 Å². The van der Waals surface area contributed by atoms with E-state index in [9.17, 15) is 13.2 Å². The molecular formula is C22H27NO6S. The molecular weight excluding hydrogens is 406 g/mol. The molecule has 162 valence electrons. The molecule has 1 aliphatic rings. The molecule has 2 aromatic rings. The molecule has 1 heterocycles. The molecule has 0 aromatic heterocycles. The fraction of sp³-hybridized carbons (Fsp3) is 0.409. The number of benzene rings is 2. The van der Waals surface area contributed by atoms with Crippen LogP contribution in [0.1, 0.15) is 29.3 Å². The third kappa shape index (κ3) is 5.05. The van der Waals surface area contributed by atoms with Crippen LogP contribution in [0.25, 0.3) is 0 Å². The van der Waals surface area contributed by atoms with E-state index in [1.54, 1.807) is 55.5 Å². The van der Waals surface area contributed by atoms with Gasteiger partial charge in [-0.1, -0.05) is 12.1 Å². The van der Waals surface area contributed by atoms with E-state index >= 15 is 0 Å². The Labute approximate surface area is 177 Å². The minimum Gasteiger partial charge on any atom is -0.494 e. The number of carbonyl (C=O) groups is 1. The van der Waals surface area contributed by atoms with E-state index in [1.165, 1.54) is 0 Å².